The second kappa shape index (κ2) is 10.5. The van der Waals surface area contributed by atoms with Gasteiger partial charge in [0.05, 0.1) is 26.4 Å². The summed E-state index contributed by atoms with van der Waals surface area (Å²) in [5.74, 6) is 0. The summed E-state index contributed by atoms with van der Waals surface area (Å²) in [4.78, 5) is 0. The fraction of sp³-hybridized carbons (Fsp3) is 1.00. The second-order valence-corrected chi connectivity index (χ2v) is 6.63. The summed E-state index contributed by atoms with van der Waals surface area (Å²) in [7, 11) is 0. The molecule has 10 atom stereocenters. The minimum Gasteiger partial charge on any atom is -0.394 e. The zero-order chi connectivity index (χ0) is 21.0. The van der Waals surface area contributed by atoms with Crippen molar-refractivity contribution in [3.05, 3.63) is 0 Å². The average molecular weight is 416 g/mol. The van der Waals surface area contributed by atoms with Gasteiger partial charge >= 0.3 is 0 Å². The number of rotatable bonds is 8. The Morgan fingerprint density at radius 3 is 1.71 bits per heavy atom. The van der Waals surface area contributed by atoms with Crippen molar-refractivity contribution >= 4 is 0 Å². The molecule has 2 aliphatic heterocycles. The molecule has 2 aliphatic rings. The summed E-state index contributed by atoms with van der Waals surface area (Å²) in [6.07, 6.45) is -16.8. The van der Waals surface area contributed by atoms with Crippen LogP contribution in [0.5, 0.6) is 0 Å². The smallest absolute Gasteiger partial charge is 0.187 e. The van der Waals surface area contributed by atoms with Gasteiger partial charge < -0.3 is 64.9 Å². The lowest BCUT2D eigenvalue weighted by Gasteiger charge is -2.46. The Morgan fingerprint density at radius 2 is 1.18 bits per heavy atom. The van der Waals surface area contributed by atoms with Gasteiger partial charge in [0.25, 0.3) is 0 Å². The van der Waals surface area contributed by atoms with E-state index in [4.69, 9.17) is 29.2 Å². The molecule has 2 saturated heterocycles. The highest BCUT2D eigenvalue weighted by Gasteiger charge is 2.50. The summed E-state index contributed by atoms with van der Waals surface area (Å²) in [6, 6.07) is 0. The predicted molar refractivity (Wildman–Crippen MR) is 85.4 cm³/mol. The molecule has 2 fully saturated rings. The van der Waals surface area contributed by atoms with Crippen molar-refractivity contribution in [3.63, 3.8) is 0 Å². The van der Waals surface area contributed by atoms with E-state index in [1.807, 2.05) is 0 Å². The molecule has 13 heteroatoms. The van der Waals surface area contributed by atoms with Gasteiger partial charge in [-0.1, -0.05) is 0 Å². The standard InChI is InChI=1S/C15H28O13/c16-1-5(2-17)25-14-12(24)10(22)13(7(4-19)27-14)28-15-11(23)9(21)8(20)6(3-18)26-15/h5-24H,1-4H2/t6?,7?,8?,9?,10?,11?,12?,13-,14?,15?/m0/s1. The first-order chi connectivity index (χ1) is 13.3. The van der Waals surface area contributed by atoms with Crippen LogP contribution >= 0.6 is 0 Å². The number of hydrogen-bond donors (Lipinski definition) is 9. The Bertz CT molecular complexity index is 459. The van der Waals surface area contributed by atoms with E-state index in [9.17, 15) is 35.7 Å². The molecule has 2 heterocycles. The van der Waals surface area contributed by atoms with Crippen LogP contribution in [-0.2, 0) is 18.9 Å². The Balaban J connectivity index is 2.10. The van der Waals surface area contributed by atoms with E-state index in [1.54, 1.807) is 0 Å². The maximum atomic E-state index is 10.4. The number of aliphatic hydroxyl groups is 9. The Morgan fingerprint density at radius 1 is 0.643 bits per heavy atom. The Hall–Kier alpha value is -0.520. The molecule has 0 aromatic rings. The fourth-order valence-corrected chi connectivity index (χ4v) is 3.00. The van der Waals surface area contributed by atoms with Crippen LogP contribution in [0, 0.1) is 0 Å². The second-order valence-electron chi connectivity index (χ2n) is 6.63. The van der Waals surface area contributed by atoms with Crippen LogP contribution < -0.4 is 0 Å². The summed E-state index contributed by atoms with van der Waals surface area (Å²) < 4.78 is 21.0. The van der Waals surface area contributed by atoms with E-state index in [1.165, 1.54) is 0 Å². The van der Waals surface area contributed by atoms with Crippen LogP contribution in [0.3, 0.4) is 0 Å². The maximum Gasteiger partial charge on any atom is 0.187 e. The van der Waals surface area contributed by atoms with Crippen LogP contribution in [0.2, 0.25) is 0 Å². The third-order valence-corrected chi connectivity index (χ3v) is 4.69. The van der Waals surface area contributed by atoms with Gasteiger partial charge in [-0.3, -0.25) is 0 Å². The van der Waals surface area contributed by atoms with Gasteiger partial charge in [-0.2, -0.15) is 0 Å². The molecular weight excluding hydrogens is 388 g/mol. The molecule has 9 unspecified atom stereocenters. The monoisotopic (exact) mass is 416 g/mol. The number of aliphatic hydroxyl groups excluding tert-OH is 9. The minimum atomic E-state index is -1.76. The van der Waals surface area contributed by atoms with Crippen molar-refractivity contribution in [2.45, 2.75) is 67.5 Å². The summed E-state index contributed by atoms with van der Waals surface area (Å²) in [5, 5.41) is 87.0. The highest BCUT2D eigenvalue weighted by molar-refractivity contribution is 4.94. The fourth-order valence-electron chi connectivity index (χ4n) is 3.00. The molecule has 13 nitrogen and oxygen atoms in total. The molecule has 0 aromatic carbocycles. The molecule has 0 bridgehead atoms. The molecular formula is C15H28O13. The van der Waals surface area contributed by atoms with E-state index in [2.05, 4.69) is 0 Å². The first kappa shape index (κ1) is 23.8. The zero-order valence-electron chi connectivity index (χ0n) is 14.8. The van der Waals surface area contributed by atoms with Gasteiger partial charge in [-0.15, -0.1) is 0 Å². The van der Waals surface area contributed by atoms with Gasteiger partial charge in [0.2, 0.25) is 0 Å². The number of ether oxygens (including phenoxy) is 4. The molecule has 0 spiro atoms. The third kappa shape index (κ3) is 4.96. The van der Waals surface area contributed by atoms with Crippen LogP contribution in [0.15, 0.2) is 0 Å². The van der Waals surface area contributed by atoms with Gasteiger partial charge in [-0.05, 0) is 0 Å². The summed E-state index contributed by atoms with van der Waals surface area (Å²) >= 11 is 0. The molecule has 0 aliphatic carbocycles. The molecule has 9 N–H and O–H groups in total. The van der Waals surface area contributed by atoms with Crippen LogP contribution in [0.4, 0.5) is 0 Å². The lowest BCUT2D eigenvalue weighted by molar-refractivity contribution is -0.363. The largest absolute Gasteiger partial charge is 0.394 e. The van der Waals surface area contributed by atoms with Crippen molar-refractivity contribution < 1.29 is 64.9 Å². The zero-order valence-corrected chi connectivity index (χ0v) is 14.8. The normalized spacial score (nSPS) is 44.8. The van der Waals surface area contributed by atoms with Crippen molar-refractivity contribution in [3.8, 4) is 0 Å². The van der Waals surface area contributed by atoms with Crippen molar-refractivity contribution in [2.75, 3.05) is 26.4 Å². The van der Waals surface area contributed by atoms with Gasteiger partial charge in [-0.25, -0.2) is 0 Å². The van der Waals surface area contributed by atoms with Crippen LogP contribution in [0.1, 0.15) is 0 Å². The average Bonchev–Trinajstić information content (AvgIpc) is 2.70. The van der Waals surface area contributed by atoms with Crippen molar-refractivity contribution in [2.24, 2.45) is 0 Å². The van der Waals surface area contributed by atoms with Gasteiger partial charge in [0, 0.05) is 0 Å². The predicted octanol–water partition coefficient (Wildman–Crippen LogP) is -6.02. The molecule has 166 valence electrons. The van der Waals surface area contributed by atoms with E-state index in [0.717, 1.165) is 0 Å². The van der Waals surface area contributed by atoms with Gasteiger partial charge in [0.1, 0.15) is 54.9 Å². The van der Waals surface area contributed by atoms with Gasteiger partial charge in [0.15, 0.2) is 12.6 Å². The quantitative estimate of drug-likeness (QED) is 0.180. The molecule has 0 amide bonds. The Kier molecular flexibility index (Phi) is 8.90. The molecule has 28 heavy (non-hydrogen) atoms. The van der Waals surface area contributed by atoms with E-state index in [-0.39, 0.29) is 0 Å². The highest BCUT2D eigenvalue weighted by atomic mass is 16.7. The SMILES string of the molecule is OCC(CO)OC1OC(CO)[C@H](OC2OC(CO)C(O)C(O)C2O)C(O)C1O. The number of hydrogen-bond acceptors (Lipinski definition) is 13. The highest BCUT2D eigenvalue weighted by Crippen LogP contribution is 2.29. The molecule has 2 rings (SSSR count). The first-order valence-electron chi connectivity index (χ1n) is 8.74. The van der Waals surface area contributed by atoms with E-state index >= 15 is 0 Å². The lowest BCUT2D eigenvalue weighted by Crippen LogP contribution is -2.65. The molecule has 0 saturated carbocycles. The van der Waals surface area contributed by atoms with Crippen molar-refractivity contribution in [1.82, 2.24) is 0 Å². The maximum absolute atomic E-state index is 10.4. The van der Waals surface area contributed by atoms with Crippen LogP contribution in [-0.4, -0.2) is 140 Å². The topological polar surface area (TPSA) is 219 Å². The van der Waals surface area contributed by atoms with Crippen molar-refractivity contribution in [1.29, 1.82) is 0 Å². The third-order valence-electron chi connectivity index (χ3n) is 4.69. The van der Waals surface area contributed by atoms with Crippen LogP contribution in [0.25, 0.3) is 0 Å². The van der Waals surface area contributed by atoms with E-state index in [0.29, 0.717) is 0 Å². The molecule has 0 aromatic heterocycles. The lowest BCUT2D eigenvalue weighted by atomic mass is 9.97. The van der Waals surface area contributed by atoms with E-state index < -0.39 is 93.9 Å². The minimum absolute atomic E-state index is 0.590. The summed E-state index contributed by atoms with van der Waals surface area (Å²) in [5.41, 5.74) is 0. The summed E-state index contributed by atoms with van der Waals surface area (Å²) in [6.45, 7) is -2.59. The molecule has 0 radical (unpaired) electrons. The Labute approximate surface area is 159 Å². The first-order valence-corrected chi connectivity index (χ1v) is 8.74.